The summed E-state index contributed by atoms with van der Waals surface area (Å²) in [4.78, 5) is 7.09. The lowest BCUT2D eigenvalue weighted by Gasteiger charge is -2.04. The SMILES string of the molecule is Nc1nc(NCc2c(F)cncc2F)n[nH]1. The molecule has 0 aliphatic rings. The lowest BCUT2D eigenvalue weighted by atomic mass is 10.2. The minimum absolute atomic E-state index is 0.0858. The van der Waals surface area contributed by atoms with E-state index < -0.39 is 11.6 Å². The van der Waals surface area contributed by atoms with Crippen LogP contribution in [0.3, 0.4) is 0 Å². The fourth-order valence-electron chi connectivity index (χ4n) is 1.13. The van der Waals surface area contributed by atoms with Gasteiger partial charge in [0.25, 0.3) is 0 Å². The van der Waals surface area contributed by atoms with Crippen molar-refractivity contribution < 1.29 is 8.78 Å². The van der Waals surface area contributed by atoms with Crippen molar-refractivity contribution in [1.29, 1.82) is 0 Å². The van der Waals surface area contributed by atoms with Crippen LogP contribution in [0.25, 0.3) is 0 Å². The van der Waals surface area contributed by atoms with Crippen LogP contribution >= 0.6 is 0 Å². The number of nitrogen functional groups attached to an aromatic ring is 1. The van der Waals surface area contributed by atoms with Gasteiger partial charge in [-0.1, -0.05) is 0 Å². The number of hydrogen-bond acceptors (Lipinski definition) is 5. The smallest absolute Gasteiger partial charge is 0.243 e. The third kappa shape index (κ3) is 2.05. The first-order valence-corrected chi connectivity index (χ1v) is 4.36. The van der Waals surface area contributed by atoms with Crippen molar-refractivity contribution in [3.8, 4) is 0 Å². The van der Waals surface area contributed by atoms with Crippen LogP contribution < -0.4 is 11.1 Å². The van der Waals surface area contributed by atoms with Gasteiger partial charge in [0.1, 0.15) is 11.6 Å². The molecule has 0 radical (unpaired) electrons. The van der Waals surface area contributed by atoms with Gasteiger partial charge in [-0.3, -0.25) is 4.98 Å². The second-order valence-electron chi connectivity index (χ2n) is 2.98. The molecule has 2 rings (SSSR count). The molecule has 0 aromatic carbocycles. The highest BCUT2D eigenvalue weighted by Crippen LogP contribution is 2.11. The van der Waals surface area contributed by atoms with Crippen LogP contribution in [-0.2, 0) is 6.54 Å². The highest BCUT2D eigenvalue weighted by molar-refractivity contribution is 5.31. The Hall–Kier alpha value is -2.25. The van der Waals surface area contributed by atoms with E-state index in [-0.39, 0.29) is 24.0 Å². The number of nitrogens with two attached hydrogens (primary N) is 1. The molecule has 0 atom stereocenters. The second kappa shape index (κ2) is 4.09. The molecule has 6 nitrogen and oxygen atoms in total. The minimum atomic E-state index is -0.726. The van der Waals surface area contributed by atoms with E-state index in [2.05, 4.69) is 25.5 Å². The van der Waals surface area contributed by atoms with E-state index in [1.807, 2.05) is 0 Å². The summed E-state index contributed by atoms with van der Waals surface area (Å²) in [7, 11) is 0. The average Bonchev–Trinajstić information content (AvgIpc) is 2.63. The first kappa shape index (κ1) is 10.3. The van der Waals surface area contributed by atoms with E-state index in [0.717, 1.165) is 12.4 Å². The Morgan fingerprint density at radius 1 is 1.31 bits per heavy atom. The summed E-state index contributed by atoms with van der Waals surface area (Å²) in [5.74, 6) is -1.15. The number of anilines is 2. The lowest BCUT2D eigenvalue weighted by molar-refractivity contribution is 0.550. The molecule has 2 aromatic rings. The maximum atomic E-state index is 13.1. The number of rotatable bonds is 3. The Morgan fingerprint density at radius 2 is 2.00 bits per heavy atom. The lowest BCUT2D eigenvalue weighted by Crippen LogP contribution is -2.06. The highest BCUT2D eigenvalue weighted by atomic mass is 19.1. The molecule has 0 aliphatic carbocycles. The molecule has 0 unspecified atom stereocenters. The van der Waals surface area contributed by atoms with Crippen LogP contribution in [0.4, 0.5) is 20.7 Å². The van der Waals surface area contributed by atoms with Crippen molar-refractivity contribution in [3.63, 3.8) is 0 Å². The first-order chi connectivity index (χ1) is 7.66. The van der Waals surface area contributed by atoms with E-state index in [0.29, 0.717) is 0 Å². The first-order valence-electron chi connectivity index (χ1n) is 4.36. The zero-order chi connectivity index (χ0) is 11.5. The third-order valence-corrected chi connectivity index (χ3v) is 1.88. The van der Waals surface area contributed by atoms with Gasteiger partial charge in [0.05, 0.1) is 12.4 Å². The van der Waals surface area contributed by atoms with Crippen molar-refractivity contribution in [2.24, 2.45) is 0 Å². The average molecular weight is 226 g/mol. The number of aromatic nitrogens is 4. The van der Waals surface area contributed by atoms with Crippen molar-refractivity contribution in [3.05, 3.63) is 29.6 Å². The maximum Gasteiger partial charge on any atom is 0.243 e. The monoisotopic (exact) mass is 226 g/mol. The molecule has 0 spiro atoms. The number of aromatic amines is 1. The molecule has 0 fully saturated rings. The zero-order valence-corrected chi connectivity index (χ0v) is 8.04. The fraction of sp³-hybridized carbons (Fsp3) is 0.125. The molecule has 4 N–H and O–H groups in total. The number of nitrogens with one attached hydrogen (secondary N) is 2. The fourth-order valence-corrected chi connectivity index (χ4v) is 1.13. The summed E-state index contributed by atoms with van der Waals surface area (Å²) in [5.41, 5.74) is 5.15. The second-order valence-corrected chi connectivity index (χ2v) is 2.98. The zero-order valence-electron chi connectivity index (χ0n) is 8.04. The quantitative estimate of drug-likeness (QED) is 0.715. The molecule has 84 valence electrons. The van der Waals surface area contributed by atoms with Gasteiger partial charge >= 0.3 is 0 Å². The van der Waals surface area contributed by atoms with Crippen molar-refractivity contribution >= 4 is 11.9 Å². The van der Waals surface area contributed by atoms with Gasteiger partial charge in [-0.25, -0.2) is 13.9 Å². The summed E-state index contributed by atoms with van der Waals surface area (Å²) in [6.07, 6.45) is 1.87. The molecule has 0 aliphatic heterocycles. The summed E-state index contributed by atoms with van der Waals surface area (Å²) < 4.78 is 26.3. The Kier molecular flexibility index (Phi) is 2.63. The van der Waals surface area contributed by atoms with Gasteiger partial charge in [0.2, 0.25) is 11.9 Å². The molecule has 0 bridgehead atoms. The Morgan fingerprint density at radius 3 is 2.56 bits per heavy atom. The molecular weight excluding hydrogens is 218 g/mol. The van der Waals surface area contributed by atoms with Gasteiger partial charge in [0.15, 0.2) is 0 Å². The largest absolute Gasteiger partial charge is 0.368 e. The highest BCUT2D eigenvalue weighted by Gasteiger charge is 2.09. The van der Waals surface area contributed by atoms with Crippen LogP contribution in [0.1, 0.15) is 5.56 Å². The minimum Gasteiger partial charge on any atom is -0.368 e. The predicted octanol–water partition coefficient (Wildman–Crippen LogP) is 0.672. The van der Waals surface area contributed by atoms with Crippen LogP contribution in [0.2, 0.25) is 0 Å². The van der Waals surface area contributed by atoms with Crippen LogP contribution in [0.15, 0.2) is 12.4 Å². The van der Waals surface area contributed by atoms with Crippen LogP contribution in [0, 0.1) is 11.6 Å². The molecule has 0 saturated heterocycles. The van der Waals surface area contributed by atoms with Gasteiger partial charge < -0.3 is 11.1 Å². The maximum absolute atomic E-state index is 13.1. The summed E-state index contributed by atoms with van der Waals surface area (Å²) >= 11 is 0. The van der Waals surface area contributed by atoms with E-state index in [9.17, 15) is 8.78 Å². The molecular formula is C8H8F2N6. The van der Waals surface area contributed by atoms with Crippen molar-refractivity contribution in [2.75, 3.05) is 11.1 Å². The number of halogens is 2. The van der Waals surface area contributed by atoms with Gasteiger partial charge in [0, 0.05) is 12.1 Å². The van der Waals surface area contributed by atoms with E-state index in [1.165, 1.54) is 0 Å². The van der Waals surface area contributed by atoms with Crippen molar-refractivity contribution in [1.82, 2.24) is 20.2 Å². The van der Waals surface area contributed by atoms with Crippen molar-refractivity contribution in [2.45, 2.75) is 6.54 Å². The number of H-pyrrole nitrogens is 1. The van der Waals surface area contributed by atoms with E-state index in [1.54, 1.807) is 0 Å². The number of hydrogen-bond donors (Lipinski definition) is 3. The Balaban J connectivity index is 2.10. The van der Waals surface area contributed by atoms with Crippen LogP contribution in [0.5, 0.6) is 0 Å². The molecule has 8 heteroatoms. The van der Waals surface area contributed by atoms with Gasteiger partial charge in [-0.2, -0.15) is 4.98 Å². The van der Waals surface area contributed by atoms with Gasteiger partial charge in [-0.05, 0) is 0 Å². The third-order valence-electron chi connectivity index (χ3n) is 1.88. The number of nitrogens with zero attached hydrogens (tertiary/aromatic N) is 3. The van der Waals surface area contributed by atoms with E-state index >= 15 is 0 Å². The Bertz CT molecular complexity index is 477. The van der Waals surface area contributed by atoms with Gasteiger partial charge in [-0.15, -0.1) is 5.10 Å². The molecule has 0 amide bonds. The van der Waals surface area contributed by atoms with E-state index in [4.69, 9.17) is 5.73 Å². The summed E-state index contributed by atoms with van der Waals surface area (Å²) in [5, 5.41) is 8.67. The molecule has 2 heterocycles. The Labute approximate surface area is 88.9 Å². The molecule has 16 heavy (non-hydrogen) atoms. The molecule has 2 aromatic heterocycles. The summed E-state index contributed by atoms with van der Waals surface area (Å²) in [6.45, 7) is -0.0858. The standard InChI is InChI=1S/C8H8F2N6/c9-5-2-12-3-6(10)4(5)1-13-8-14-7(11)15-16-8/h2-3H,1H2,(H4,11,13,14,15,16). The molecule has 0 saturated carbocycles. The topological polar surface area (TPSA) is 92.5 Å². The predicted molar refractivity (Wildman–Crippen MR) is 52.3 cm³/mol. The number of pyridine rings is 1. The van der Waals surface area contributed by atoms with Crippen LogP contribution in [-0.4, -0.2) is 20.2 Å². The summed E-state index contributed by atoms with van der Waals surface area (Å²) in [6, 6.07) is 0. The normalized spacial score (nSPS) is 10.4.